The van der Waals surface area contributed by atoms with Gasteiger partial charge in [0, 0.05) is 12.7 Å². The molecule has 0 aliphatic rings. The summed E-state index contributed by atoms with van der Waals surface area (Å²) in [6.07, 6.45) is 2.27. The molecular weight excluding hydrogens is 122 g/mol. The summed E-state index contributed by atoms with van der Waals surface area (Å²) in [5, 5.41) is 3.19. The predicted molar refractivity (Wildman–Crippen MR) is 46.8 cm³/mol. The van der Waals surface area contributed by atoms with Crippen molar-refractivity contribution in [2.24, 2.45) is 11.8 Å². The van der Waals surface area contributed by atoms with Gasteiger partial charge in [0.15, 0.2) is 0 Å². The van der Waals surface area contributed by atoms with E-state index in [1.165, 1.54) is 5.70 Å². The molecule has 1 heteroatoms. The van der Waals surface area contributed by atoms with Gasteiger partial charge in [-0.15, -0.1) is 0 Å². The summed E-state index contributed by atoms with van der Waals surface area (Å²) < 4.78 is 0. The van der Waals surface area contributed by atoms with Crippen molar-refractivity contribution in [3.63, 3.8) is 0 Å². The summed E-state index contributed by atoms with van der Waals surface area (Å²) in [4.78, 5) is 0. The summed E-state index contributed by atoms with van der Waals surface area (Å²) in [5.41, 5.74) is 1.34. The highest BCUT2D eigenvalue weighted by molar-refractivity contribution is 5.02. The summed E-state index contributed by atoms with van der Waals surface area (Å²) in [6, 6.07) is 0. The van der Waals surface area contributed by atoms with Crippen LogP contribution in [0.25, 0.3) is 0 Å². The molecule has 0 fully saturated rings. The van der Waals surface area contributed by atoms with Crippen molar-refractivity contribution in [2.45, 2.75) is 27.7 Å². The quantitative estimate of drug-likeness (QED) is 0.636. The van der Waals surface area contributed by atoms with Crippen molar-refractivity contribution in [2.75, 3.05) is 7.05 Å². The fourth-order valence-electron chi connectivity index (χ4n) is 0.924. The average molecular weight is 141 g/mol. The van der Waals surface area contributed by atoms with E-state index in [1.807, 2.05) is 7.05 Å². The molecule has 0 amide bonds. The molecule has 0 saturated carbocycles. The Kier molecular flexibility index (Phi) is 4.17. The molecule has 0 aromatic rings. The second-order valence-electron chi connectivity index (χ2n) is 3.27. The van der Waals surface area contributed by atoms with Gasteiger partial charge in [-0.05, 0) is 11.8 Å². The topological polar surface area (TPSA) is 12.0 Å². The number of allylic oxidation sites excluding steroid dienone is 2. The van der Waals surface area contributed by atoms with Crippen LogP contribution in [0.1, 0.15) is 27.7 Å². The second-order valence-corrected chi connectivity index (χ2v) is 3.27. The molecule has 0 heterocycles. The minimum atomic E-state index is 0.618. The molecule has 0 radical (unpaired) electrons. The van der Waals surface area contributed by atoms with Gasteiger partial charge in [-0.3, -0.25) is 0 Å². The predicted octanol–water partition coefficient (Wildman–Crippen LogP) is 2.40. The monoisotopic (exact) mass is 141 g/mol. The zero-order chi connectivity index (χ0) is 8.15. The van der Waals surface area contributed by atoms with E-state index in [-0.39, 0.29) is 0 Å². The zero-order valence-corrected chi connectivity index (χ0v) is 7.73. The van der Waals surface area contributed by atoms with Crippen LogP contribution in [0.4, 0.5) is 0 Å². The van der Waals surface area contributed by atoms with Gasteiger partial charge in [0.05, 0.1) is 0 Å². The standard InChI is InChI=1S/C9H19N/c1-7(2)6-9(10-5)8(3)4/h6-8,10H,1-5H3/b9-6-. The summed E-state index contributed by atoms with van der Waals surface area (Å²) in [7, 11) is 1.98. The van der Waals surface area contributed by atoms with Crippen molar-refractivity contribution in [3.05, 3.63) is 11.8 Å². The molecule has 0 aliphatic heterocycles. The van der Waals surface area contributed by atoms with E-state index in [4.69, 9.17) is 0 Å². The highest BCUT2D eigenvalue weighted by atomic mass is 14.8. The maximum absolute atomic E-state index is 3.19. The number of nitrogens with one attached hydrogen (secondary N) is 1. The van der Waals surface area contributed by atoms with Crippen LogP contribution in [-0.4, -0.2) is 7.05 Å². The van der Waals surface area contributed by atoms with Crippen LogP contribution >= 0.6 is 0 Å². The molecule has 10 heavy (non-hydrogen) atoms. The van der Waals surface area contributed by atoms with E-state index in [1.54, 1.807) is 0 Å². The minimum absolute atomic E-state index is 0.618. The normalized spacial score (nSPS) is 12.9. The van der Waals surface area contributed by atoms with Crippen LogP contribution in [0.15, 0.2) is 11.8 Å². The lowest BCUT2D eigenvalue weighted by Crippen LogP contribution is -2.12. The van der Waals surface area contributed by atoms with Gasteiger partial charge in [0.1, 0.15) is 0 Å². The highest BCUT2D eigenvalue weighted by Crippen LogP contribution is 2.08. The Morgan fingerprint density at radius 1 is 1.20 bits per heavy atom. The Balaban J connectivity index is 4.04. The smallest absolute Gasteiger partial charge is 0.00920 e. The third-order valence-electron chi connectivity index (χ3n) is 1.42. The number of hydrogen-bond donors (Lipinski definition) is 1. The Labute approximate surface area is 64.5 Å². The molecule has 0 aliphatic carbocycles. The van der Waals surface area contributed by atoms with Crippen molar-refractivity contribution in [3.8, 4) is 0 Å². The first-order valence-corrected chi connectivity index (χ1v) is 3.97. The second kappa shape index (κ2) is 4.37. The van der Waals surface area contributed by atoms with E-state index in [0.717, 1.165) is 0 Å². The summed E-state index contributed by atoms with van der Waals surface area (Å²) in [5.74, 6) is 1.26. The lowest BCUT2D eigenvalue weighted by atomic mass is 10.1. The van der Waals surface area contributed by atoms with Crippen molar-refractivity contribution in [1.29, 1.82) is 0 Å². The molecule has 1 N–H and O–H groups in total. The molecule has 0 atom stereocenters. The zero-order valence-electron chi connectivity index (χ0n) is 7.73. The van der Waals surface area contributed by atoms with Crippen LogP contribution in [0, 0.1) is 11.8 Å². The van der Waals surface area contributed by atoms with E-state index in [9.17, 15) is 0 Å². The van der Waals surface area contributed by atoms with E-state index in [0.29, 0.717) is 11.8 Å². The fourth-order valence-corrected chi connectivity index (χ4v) is 0.924. The van der Waals surface area contributed by atoms with E-state index < -0.39 is 0 Å². The van der Waals surface area contributed by atoms with Gasteiger partial charge < -0.3 is 5.32 Å². The van der Waals surface area contributed by atoms with Gasteiger partial charge in [-0.25, -0.2) is 0 Å². The Morgan fingerprint density at radius 3 is 1.80 bits per heavy atom. The third kappa shape index (κ3) is 3.54. The maximum atomic E-state index is 3.19. The van der Waals surface area contributed by atoms with Crippen LogP contribution in [0.5, 0.6) is 0 Å². The molecule has 0 unspecified atom stereocenters. The van der Waals surface area contributed by atoms with Gasteiger partial charge in [-0.2, -0.15) is 0 Å². The molecule has 0 spiro atoms. The number of hydrogen-bond acceptors (Lipinski definition) is 1. The number of rotatable bonds is 3. The molecule has 1 nitrogen and oxygen atoms in total. The Hall–Kier alpha value is -0.460. The first-order valence-electron chi connectivity index (χ1n) is 3.97. The van der Waals surface area contributed by atoms with Crippen molar-refractivity contribution >= 4 is 0 Å². The molecule has 60 valence electrons. The Morgan fingerprint density at radius 2 is 1.70 bits per heavy atom. The lowest BCUT2D eigenvalue weighted by Gasteiger charge is -2.11. The molecular formula is C9H19N. The van der Waals surface area contributed by atoms with E-state index >= 15 is 0 Å². The average Bonchev–Trinajstić information content (AvgIpc) is 1.81. The van der Waals surface area contributed by atoms with E-state index in [2.05, 4.69) is 39.1 Å². The van der Waals surface area contributed by atoms with Gasteiger partial charge in [0.2, 0.25) is 0 Å². The van der Waals surface area contributed by atoms with Crippen LogP contribution in [-0.2, 0) is 0 Å². The summed E-state index contributed by atoms with van der Waals surface area (Å²) in [6.45, 7) is 8.79. The molecule has 0 aromatic carbocycles. The Bertz CT molecular complexity index is 112. The largest absolute Gasteiger partial charge is 0.391 e. The van der Waals surface area contributed by atoms with Crippen LogP contribution in [0.3, 0.4) is 0 Å². The van der Waals surface area contributed by atoms with Gasteiger partial charge >= 0.3 is 0 Å². The molecule has 0 bridgehead atoms. The van der Waals surface area contributed by atoms with Crippen molar-refractivity contribution < 1.29 is 0 Å². The fraction of sp³-hybridized carbons (Fsp3) is 0.778. The first kappa shape index (κ1) is 9.54. The molecule has 0 saturated heterocycles. The van der Waals surface area contributed by atoms with Gasteiger partial charge in [0.25, 0.3) is 0 Å². The van der Waals surface area contributed by atoms with Gasteiger partial charge in [-0.1, -0.05) is 33.8 Å². The molecule has 0 aromatic heterocycles. The maximum Gasteiger partial charge on any atom is 0.00920 e. The highest BCUT2D eigenvalue weighted by Gasteiger charge is 1.99. The lowest BCUT2D eigenvalue weighted by molar-refractivity contribution is 0.672. The molecule has 0 rings (SSSR count). The van der Waals surface area contributed by atoms with Crippen LogP contribution in [0.2, 0.25) is 0 Å². The first-order chi connectivity index (χ1) is 4.57. The van der Waals surface area contributed by atoms with Crippen molar-refractivity contribution in [1.82, 2.24) is 5.32 Å². The SMILES string of the molecule is CN/C(=C\C(C)C)C(C)C. The van der Waals surface area contributed by atoms with Crippen LogP contribution < -0.4 is 5.32 Å². The minimum Gasteiger partial charge on any atom is -0.391 e. The third-order valence-corrected chi connectivity index (χ3v) is 1.42. The summed E-state index contributed by atoms with van der Waals surface area (Å²) >= 11 is 0.